The molecular formula is C9H19NO3. The summed E-state index contributed by atoms with van der Waals surface area (Å²) in [5, 5.41) is 11.7. The lowest BCUT2D eigenvalue weighted by atomic mass is 10.2. The molecule has 0 aliphatic heterocycles. The highest BCUT2D eigenvalue weighted by atomic mass is 16.5. The van der Waals surface area contributed by atoms with Gasteiger partial charge in [-0.15, -0.1) is 0 Å². The quantitative estimate of drug-likeness (QED) is 0.565. The molecule has 0 aromatic carbocycles. The molecule has 0 rings (SSSR count). The van der Waals surface area contributed by atoms with Crippen molar-refractivity contribution in [2.75, 3.05) is 20.3 Å². The molecular weight excluding hydrogens is 170 g/mol. The van der Waals surface area contributed by atoms with Crippen molar-refractivity contribution in [1.82, 2.24) is 5.32 Å². The molecule has 2 N–H and O–H groups in total. The summed E-state index contributed by atoms with van der Waals surface area (Å²) in [6.45, 7) is 2.90. The van der Waals surface area contributed by atoms with E-state index in [0.717, 1.165) is 12.8 Å². The third-order valence-electron chi connectivity index (χ3n) is 1.84. The molecule has 1 atom stereocenters. The maximum Gasteiger partial charge on any atom is 0.306 e. The second kappa shape index (κ2) is 8.01. The van der Waals surface area contributed by atoms with Gasteiger partial charge >= 0.3 is 5.97 Å². The van der Waals surface area contributed by atoms with E-state index in [-0.39, 0.29) is 12.6 Å². The predicted octanol–water partition coefficient (Wildman–Crippen LogP) is 0.300. The molecule has 0 aliphatic carbocycles. The third kappa shape index (κ3) is 7.74. The minimum atomic E-state index is -0.193. The molecule has 0 saturated heterocycles. The van der Waals surface area contributed by atoms with Crippen LogP contribution in [0.5, 0.6) is 0 Å². The van der Waals surface area contributed by atoms with Gasteiger partial charge in [0.15, 0.2) is 0 Å². The molecule has 0 aromatic heterocycles. The number of hydrogen-bond acceptors (Lipinski definition) is 4. The Kier molecular flexibility index (Phi) is 7.63. The zero-order chi connectivity index (χ0) is 10.1. The average Bonchev–Trinajstić information content (AvgIpc) is 2.14. The first-order chi connectivity index (χ1) is 6.20. The number of esters is 1. The van der Waals surface area contributed by atoms with Crippen molar-refractivity contribution in [3.63, 3.8) is 0 Å². The van der Waals surface area contributed by atoms with Gasteiger partial charge in [0.2, 0.25) is 0 Å². The van der Waals surface area contributed by atoms with Crippen LogP contribution in [0.1, 0.15) is 26.2 Å². The molecule has 0 saturated carbocycles. The van der Waals surface area contributed by atoms with Gasteiger partial charge in [0, 0.05) is 19.2 Å². The summed E-state index contributed by atoms with van der Waals surface area (Å²) in [4.78, 5) is 10.7. The fourth-order valence-electron chi connectivity index (χ4n) is 1.02. The number of nitrogens with one attached hydrogen (secondary N) is 1. The van der Waals surface area contributed by atoms with Crippen molar-refractivity contribution in [2.45, 2.75) is 32.2 Å². The van der Waals surface area contributed by atoms with Crippen LogP contribution in [0.4, 0.5) is 0 Å². The lowest BCUT2D eigenvalue weighted by molar-refractivity contribution is -0.140. The number of carbonyl (C=O) groups excluding carboxylic acids is 1. The second-order valence-electron chi connectivity index (χ2n) is 3.05. The first-order valence-corrected chi connectivity index (χ1v) is 4.61. The third-order valence-corrected chi connectivity index (χ3v) is 1.84. The highest BCUT2D eigenvalue weighted by molar-refractivity contribution is 5.69. The van der Waals surface area contributed by atoms with Crippen molar-refractivity contribution < 1.29 is 14.6 Å². The molecule has 1 unspecified atom stereocenters. The fraction of sp³-hybridized carbons (Fsp3) is 0.889. The fourth-order valence-corrected chi connectivity index (χ4v) is 1.02. The van der Waals surface area contributed by atoms with Gasteiger partial charge in [-0.3, -0.25) is 4.79 Å². The molecule has 13 heavy (non-hydrogen) atoms. The number of ether oxygens (including phenoxy) is 1. The van der Waals surface area contributed by atoms with Gasteiger partial charge in [-0.25, -0.2) is 0 Å². The van der Waals surface area contributed by atoms with Crippen LogP contribution in [0.25, 0.3) is 0 Å². The van der Waals surface area contributed by atoms with E-state index in [1.54, 1.807) is 0 Å². The molecule has 0 amide bonds. The van der Waals surface area contributed by atoms with E-state index in [1.165, 1.54) is 7.11 Å². The number of carbonyl (C=O) groups is 1. The van der Waals surface area contributed by atoms with Crippen molar-refractivity contribution in [3.8, 4) is 0 Å². The Labute approximate surface area is 79.3 Å². The summed E-state index contributed by atoms with van der Waals surface area (Å²) in [6, 6.07) is 0.344. The minimum absolute atomic E-state index is 0.193. The molecule has 4 nitrogen and oxygen atoms in total. The summed E-state index contributed by atoms with van der Waals surface area (Å²) in [5.74, 6) is -0.193. The maximum absolute atomic E-state index is 10.7. The molecule has 0 fully saturated rings. The Morgan fingerprint density at radius 2 is 2.31 bits per heavy atom. The zero-order valence-electron chi connectivity index (χ0n) is 8.38. The van der Waals surface area contributed by atoms with E-state index >= 15 is 0 Å². The summed E-state index contributed by atoms with van der Waals surface area (Å²) in [7, 11) is 1.39. The van der Waals surface area contributed by atoms with Crippen LogP contribution >= 0.6 is 0 Å². The normalized spacial score (nSPS) is 12.5. The van der Waals surface area contributed by atoms with E-state index in [9.17, 15) is 4.79 Å². The molecule has 0 aromatic rings. The van der Waals surface area contributed by atoms with Crippen LogP contribution < -0.4 is 5.32 Å². The topological polar surface area (TPSA) is 58.6 Å². The Morgan fingerprint density at radius 3 is 2.85 bits per heavy atom. The van der Waals surface area contributed by atoms with Gasteiger partial charge in [-0.05, 0) is 19.8 Å². The van der Waals surface area contributed by atoms with Crippen LogP contribution in [-0.2, 0) is 9.53 Å². The van der Waals surface area contributed by atoms with Crippen molar-refractivity contribution in [2.24, 2.45) is 0 Å². The highest BCUT2D eigenvalue weighted by Crippen LogP contribution is 1.95. The van der Waals surface area contributed by atoms with Crippen LogP contribution in [0, 0.1) is 0 Å². The first-order valence-electron chi connectivity index (χ1n) is 4.61. The molecule has 0 heterocycles. The van der Waals surface area contributed by atoms with Crippen LogP contribution in [0.3, 0.4) is 0 Å². The summed E-state index contributed by atoms with van der Waals surface area (Å²) >= 11 is 0. The zero-order valence-corrected chi connectivity index (χ0v) is 8.38. The van der Waals surface area contributed by atoms with Gasteiger partial charge in [0.25, 0.3) is 0 Å². The summed E-state index contributed by atoms with van der Waals surface area (Å²) < 4.78 is 4.49. The molecule has 0 radical (unpaired) electrons. The number of rotatable bonds is 7. The minimum Gasteiger partial charge on any atom is -0.469 e. The van der Waals surface area contributed by atoms with Gasteiger partial charge in [-0.2, -0.15) is 0 Å². The lowest BCUT2D eigenvalue weighted by Crippen LogP contribution is -2.28. The number of methoxy groups -OCH3 is 1. The number of aliphatic hydroxyl groups is 1. The smallest absolute Gasteiger partial charge is 0.306 e. The Hall–Kier alpha value is -0.610. The molecule has 0 spiro atoms. The van der Waals surface area contributed by atoms with E-state index in [4.69, 9.17) is 5.11 Å². The van der Waals surface area contributed by atoms with Crippen molar-refractivity contribution in [3.05, 3.63) is 0 Å². The van der Waals surface area contributed by atoms with Gasteiger partial charge in [0.1, 0.15) is 0 Å². The standard InChI is InChI=1S/C9H19NO3/c1-8(4-3-7-11)10-6-5-9(12)13-2/h8,10-11H,3-7H2,1-2H3. The Balaban J connectivity index is 3.26. The first kappa shape index (κ1) is 12.4. The van der Waals surface area contributed by atoms with E-state index < -0.39 is 0 Å². The van der Waals surface area contributed by atoms with Gasteiger partial charge < -0.3 is 15.2 Å². The summed E-state index contributed by atoms with van der Waals surface area (Å²) in [6.07, 6.45) is 2.13. The predicted molar refractivity (Wildman–Crippen MR) is 50.4 cm³/mol. The Bertz CT molecular complexity index is 139. The highest BCUT2D eigenvalue weighted by Gasteiger charge is 2.02. The SMILES string of the molecule is COC(=O)CCNC(C)CCCO. The molecule has 0 aliphatic rings. The monoisotopic (exact) mass is 189 g/mol. The van der Waals surface area contributed by atoms with Gasteiger partial charge in [0.05, 0.1) is 13.5 Å². The summed E-state index contributed by atoms with van der Waals surface area (Å²) in [5.41, 5.74) is 0. The molecule has 0 bridgehead atoms. The van der Waals surface area contributed by atoms with E-state index in [0.29, 0.717) is 19.0 Å². The van der Waals surface area contributed by atoms with Crippen LogP contribution in [0.2, 0.25) is 0 Å². The van der Waals surface area contributed by atoms with Crippen molar-refractivity contribution in [1.29, 1.82) is 0 Å². The molecule has 4 heteroatoms. The molecule has 78 valence electrons. The second-order valence-corrected chi connectivity index (χ2v) is 3.05. The largest absolute Gasteiger partial charge is 0.469 e. The lowest BCUT2D eigenvalue weighted by Gasteiger charge is -2.11. The number of aliphatic hydroxyl groups excluding tert-OH is 1. The average molecular weight is 189 g/mol. The van der Waals surface area contributed by atoms with E-state index in [1.807, 2.05) is 6.92 Å². The van der Waals surface area contributed by atoms with Crippen LogP contribution in [-0.4, -0.2) is 37.4 Å². The number of hydrogen-bond donors (Lipinski definition) is 2. The van der Waals surface area contributed by atoms with Crippen LogP contribution in [0.15, 0.2) is 0 Å². The van der Waals surface area contributed by atoms with Crippen molar-refractivity contribution >= 4 is 5.97 Å². The van der Waals surface area contributed by atoms with E-state index in [2.05, 4.69) is 10.1 Å². The van der Waals surface area contributed by atoms with Gasteiger partial charge in [-0.1, -0.05) is 0 Å². The Morgan fingerprint density at radius 1 is 1.62 bits per heavy atom. The maximum atomic E-state index is 10.7.